The third kappa shape index (κ3) is 1.57. The summed E-state index contributed by atoms with van der Waals surface area (Å²) in [6, 6.07) is 10.1. The molecule has 0 aliphatic carbocycles. The zero-order valence-electron chi connectivity index (χ0n) is 9.91. The average molecular weight is 256 g/mol. The van der Waals surface area contributed by atoms with Crippen LogP contribution in [0.2, 0.25) is 0 Å². The molecule has 0 saturated carbocycles. The van der Waals surface area contributed by atoms with Gasteiger partial charge in [0, 0.05) is 17.2 Å². The molecule has 1 unspecified atom stereocenters. The zero-order valence-corrected chi connectivity index (χ0v) is 10.7. The molecule has 0 bridgehead atoms. The van der Waals surface area contributed by atoms with E-state index in [-0.39, 0.29) is 11.9 Å². The molecule has 1 aromatic carbocycles. The zero-order chi connectivity index (χ0) is 12.5. The molecule has 1 fully saturated rings. The minimum atomic E-state index is 0.00912. The van der Waals surface area contributed by atoms with Crippen LogP contribution in [0, 0.1) is 0 Å². The van der Waals surface area contributed by atoms with Gasteiger partial charge in [-0.15, -0.1) is 11.3 Å². The highest BCUT2D eigenvalue weighted by Gasteiger charge is 2.44. The highest BCUT2D eigenvalue weighted by atomic mass is 32.1. The molecule has 1 saturated heterocycles. The maximum Gasteiger partial charge on any atom is 0.258 e. The first-order valence-corrected chi connectivity index (χ1v) is 6.65. The van der Waals surface area contributed by atoms with Gasteiger partial charge >= 0.3 is 0 Å². The van der Waals surface area contributed by atoms with Crippen LogP contribution < -0.4 is 4.90 Å². The molecule has 1 aromatic heterocycles. The Morgan fingerprint density at radius 1 is 1.33 bits per heavy atom. The number of nitrogens with zero attached hydrogens (tertiary/aromatic N) is 2. The van der Waals surface area contributed by atoms with Crippen LogP contribution in [-0.4, -0.2) is 10.9 Å². The van der Waals surface area contributed by atoms with E-state index in [1.54, 1.807) is 11.1 Å². The predicted molar refractivity (Wildman–Crippen MR) is 72.5 cm³/mol. The van der Waals surface area contributed by atoms with Crippen LogP contribution in [0.3, 0.4) is 0 Å². The smallest absolute Gasteiger partial charge is 0.258 e. The molecule has 90 valence electrons. The summed E-state index contributed by atoms with van der Waals surface area (Å²) in [5, 5.41) is 2.65. The predicted octanol–water partition coefficient (Wildman–Crippen LogP) is 3.18. The van der Waals surface area contributed by atoms with Crippen LogP contribution in [0.5, 0.6) is 0 Å². The third-order valence-electron chi connectivity index (χ3n) is 3.07. The van der Waals surface area contributed by atoms with Crippen LogP contribution >= 0.6 is 11.3 Å². The summed E-state index contributed by atoms with van der Waals surface area (Å²) in [7, 11) is 0. The van der Waals surface area contributed by atoms with Gasteiger partial charge in [-0.2, -0.15) is 0 Å². The lowest BCUT2D eigenvalue weighted by Gasteiger charge is -2.41. The second-order valence-electron chi connectivity index (χ2n) is 4.05. The Labute approximate surface area is 109 Å². The summed E-state index contributed by atoms with van der Waals surface area (Å²) in [5.74, 6) is 0.0568. The maximum absolute atomic E-state index is 12.1. The van der Waals surface area contributed by atoms with E-state index in [0.29, 0.717) is 0 Å². The first-order chi connectivity index (χ1) is 8.83. The molecule has 0 spiro atoms. The molecule has 1 amide bonds. The van der Waals surface area contributed by atoms with Gasteiger partial charge in [0.25, 0.3) is 5.91 Å². The van der Waals surface area contributed by atoms with Crippen molar-refractivity contribution in [2.24, 2.45) is 0 Å². The average Bonchev–Trinajstić information content (AvgIpc) is 2.91. The molecule has 1 aliphatic heterocycles. The van der Waals surface area contributed by atoms with Crippen molar-refractivity contribution in [2.45, 2.75) is 13.0 Å². The number of rotatable bonds is 2. The Hall–Kier alpha value is -1.94. The number of anilines is 1. The normalized spacial score (nSPS) is 21.2. The number of carbonyl (C=O) groups is 1. The molecule has 2 aromatic rings. The summed E-state index contributed by atoms with van der Waals surface area (Å²) >= 11 is 1.49. The summed E-state index contributed by atoms with van der Waals surface area (Å²) in [6.07, 6.45) is 3.62. The van der Waals surface area contributed by atoms with Crippen molar-refractivity contribution >= 4 is 22.4 Å². The van der Waals surface area contributed by atoms with Crippen molar-refractivity contribution in [3.8, 4) is 0 Å². The molecule has 3 rings (SSSR count). The fourth-order valence-corrected chi connectivity index (χ4v) is 2.89. The monoisotopic (exact) mass is 256 g/mol. The molecule has 0 N–H and O–H groups in total. The lowest BCUT2D eigenvalue weighted by Crippen LogP contribution is -2.49. The fourth-order valence-electron chi connectivity index (χ4n) is 2.22. The Bertz CT molecular complexity index is 590. The van der Waals surface area contributed by atoms with E-state index in [0.717, 1.165) is 16.3 Å². The highest BCUT2D eigenvalue weighted by molar-refractivity contribution is 7.13. The standard InChI is InChI=1S/C14H12N2OS/c1-2-11-12(10-6-4-3-5-7-10)16(13(11)17)14-15-8-9-18-14/h2-9,12H,1H3/b11-2-. The van der Waals surface area contributed by atoms with E-state index in [2.05, 4.69) is 4.98 Å². The number of hydrogen-bond donors (Lipinski definition) is 0. The Balaban J connectivity index is 2.02. The number of amides is 1. The number of thiazole rings is 1. The summed E-state index contributed by atoms with van der Waals surface area (Å²) in [4.78, 5) is 18.1. The van der Waals surface area contributed by atoms with Gasteiger partial charge in [0.2, 0.25) is 0 Å². The second kappa shape index (κ2) is 4.38. The third-order valence-corrected chi connectivity index (χ3v) is 3.84. The second-order valence-corrected chi connectivity index (χ2v) is 4.92. The van der Waals surface area contributed by atoms with Crippen molar-refractivity contribution < 1.29 is 4.79 Å². The SMILES string of the molecule is C/C=C1\C(=O)N(c2nccs2)C1c1ccccc1. The molecule has 2 heterocycles. The van der Waals surface area contributed by atoms with Gasteiger partial charge < -0.3 is 0 Å². The van der Waals surface area contributed by atoms with Gasteiger partial charge in [0.1, 0.15) is 0 Å². The van der Waals surface area contributed by atoms with Gasteiger partial charge in [-0.3, -0.25) is 9.69 Å². The van der Waals surface area contributed by atoms with Crippen LogP contribution in [-0.2, 0) is 4.79 Å². The molecule has 1 atom stereocenters. The number of hydrogen-bond acceptors (Lipinski definition) is 3. The number of carbonyl (C=O) groups excluding carboxylic acids is 1. The summed E-state index contributed by atoms with van der Waals surface area (Å²) < 4.78 is 0. The Morgan fingerprint density at radius 2 is 2.11 bits per heavy atom. The van der Waals surface area contributed by atoms with Crippen molar-refractivity contribution in [2.75, 3.05) is 4.90 Å². The molecular formula is C14H12N2OS. The minimum absolute atomic E-state index is 0.00912. The number of aromatic nitrogens is 1. The van der Waals surface area contributed by atoms with Crippen molar-refractivity contribution in [1.29, 1.82) is 0 Å². The lowest BCUT2D eigenvalue weighted by molar-refractivity contribution is -0.119. The number of benzene rings is 1. The molecular weight excluding hydrogens is 244 g/mol. The fraction of sp³-hybridized carbons (Fsp3) is 0.143. The molecule has 18 heavy (non-hydrogen) atoms. The van der Waals surface area contributed by atoms with E-state index in [4.69, 9.17) is 0 Å². The molecule has 4 heteroatoms. The van der Waals surface area contributed by atoms with E-state index in [9.17, 15) is 4.79 Å². The van der Waals surface area contributed by atoms with Gasteiger partial charge in [-0.25, -0.2) is 4.98 Å². The Kier molecular flexibility index (Phi) is 2.72. The number of allylic oxidation sites excluding steroid dienone is 1. The van der Waals surface area contributed by atoms with Gasteiger partial charge in [-0.1, -0.05) is 36.4 Å². The summed E-state index contributed by atoms with van der Waals surface area (Å²) in [6.45, 7) is 1.91. The van der Waals surface area contributed by atoms with Crippen molar-refractivity contribution in [3.05, 3.63) is 59.1 Å². The molecule has 3 nitrogen and oxygen atoms in total. The van der Waals surface area contributed by atoms with E-state index in [1.165, 1.54) is 11.3 Å². The minimum Gasteiger partial charge on any atom is -0.272 e. The first-order valence-electron chi connectivity index (χ1n) is 5.77. The largest absolute Gasteiger partial charge is 0.272 e. The van der Waals surface area contributed by atoms with Crippen LogP contribution in [0.4, 0.5) is 5.13 Å². The quantitative estimate of drug-likeness (QED) is 0.610. The maximum atomic E-state index is 12.1. The highest BCUT2D eigenvalue weighted by Crippen LogP contribution is 2.43. The van der Waals surface area contributed by atoms with Gasteiger partial charge in [0.15, 0.2) is 5.13 Å². The molecule has 0 radical (unpaired) electrons. The van der Waals surface area contributed by atoms with Crippen LogP contribution in [0.15, 0.2) is 53.6 Å². The number of β-lactam (4-membered cyclic amide) rings is 1. The van der Waals surface area contributed by atoms with E-state index < -0.39 is 0 Å². The van der Waals surface area contributed by atoms with Gasteiger partial charge in [-0.05, 0) is 12.5 Å². The van der Waals surface area contributed by atoms with E-state index >= 15 is 0 Å². The lowest BCUT2D eigenvalue weighted by atomic mass is 9.88. The van der Waals surface area contributed by atoms with Crippen molar-refractivity contribution in [3.63, 3.8) is 0 Å². The van der Waals surface area contributed by atoms with Crippen LogP contribution in [0.25, 0.3) is 0 Å². The van der Waals surface area contributed by atoms with Crippen molar-refractivity contribution in [1.82, 2.24) is 4.98 Å². The topological polar surface area (TPSA) is 33.2 Å². The Morgan fingerprint density at radius 3 is 2.72 bits per heavy atom. The van der Waals surface area contributed by atoms with E-state index in [1.807, 2.05) is 48.7 Å². The first kappa shape index (κ1) is 11.2. The summed E-state index contributed by atoms with van der Waals surface area (Å²) in [5.41, 5.74) is 1.97. The molecule has 1 aliphatic rings. The van der Waals surface area contributed by atoms with Gasteiger partial charge in [0.05, 0.1) is 6.04 Å². The van der Waals surface area contributed by atoms with Crippen LogP contribution in [0.1, 0.15) is 18.5 Å².